The number of rotatable bonds is 4. The smallest absolute Gasteiger partial charge is 0.0540 e. The van der Waals surface area contributed by atoms with E-state index in [1.807, 2.05) is 0 Å². The van der Waals surface area contributed by atoms with Crippen molar-refractivity contribution in [2.75, 3.05) is 4.90 Å². The van der Waals surface area contributed by atoms with Gasteiger partial charge in [0.05, 0.1) is 5.69 Å². The fourth-order valence-corrected chi connectivity index (χ4v) is 6.49. The first-order chi connectivity index (χ1) is 19.0. The second-order valence-electron chi connectivity index (χ2n) is 10.7. The van der Waals surface area contributed by atoms with E-state index in [4.69, 9.17) is 11.6 Å². The zero-order chi connectivity index (χ0) is 26.6. The van der Waals surface area contributed by atoms with E-state index in [0.717, 1.165) is 33.2 Å². The second kappa shape index (κ2) is 9.15. The number of hydrogen-bond donors (Lipinski definition) is 0. The standard InChI is InChI=1S/C37H28ClN/c1-37(2)33-20-12-11-18-29(33)31-24-35(38)32(23-34(31)37)28-21-22-36(30-19-10-9-17-27(28)30)39(25-13-5-3-6-14-25)26-15-7-4-8-16-26/h3-24H,1-2H3. The number of hydrogen-bond acceptors (Lipinski definition) is 1. The highest BCUT2D eigenvalue weighted by molar-refractivity contribution is 6.34. The molecule has 0 saturated heterocycles. The van der Waals surface area contributed by atoms with Crippen LogP contribution in [0.3, 0.4) is 0 Å². The Hall–Kier alpha value is -4.33. The van der Waals surface area contributed by atoms with Crippen LogP contribution in [0.5, 0.6) is 0 Å². The molecule has 0 aromatic heterocycles. The van der Waals surface area contributed by atoms with Crippen molar-refractivity contribution in [3.63, 3.8) is 0 Å². The van der Waals surface area contributed by atoms with E-state index in [1.165, 1.54) is 33.0 Å². The van der Waals surface area contributed by atoms with Gasteiger partial charge in [-0.15, -0.1) is 0 Å². The molecule has 0 heterocycles. The number of halogens is 1. The summed E-state index contributed by atoms with van der Waals surface area (Å²) in [6, 6.07) is 47.4. The lowest BCUT2D eigenvalue weighted by Crippen LogP contribution is -2.15. The van der Waals surface area contributed by atoms with Crippen LogP contribution in [0.25, 0.3) is 33.0 Å². The topological polar surface area (TPSA) is 3.24 Å². The molecular formula is C37H28ClN. The van der Waals surface area contributed by atoms with Crippen LogP contribution in [0.1, 0.15) is 25.0 Å². The Kier molecular flexibility index (Phi) is 5.58. The largest absolute Gasteiger partial charge is 0.310 e. The van der Waals surface area contributed by atoms with E-state index in [0.29, 0.717) is 0 Å². The van der Waals surface area contributed by atoms with Crippen LogP contribution < -0.4 is 4.90 Å². The summed E-state index contributed by atoms with van der Waals surface area (Å²) >= 11 is 7.09. The Morgan fingerprint density at radius 2 is 1.08 bits per heavy atom. The molecule has 0 radical (unpaired) electrons. The van der Waals surface area contributed by atoms with E-state index in [2.05, 4.69) is 152 Å². The van der Waals surface area contributed by atoms with Crippen molar-refractivity contribution in [2.24, 2.45) is 0 Å². The van der Waals surface area contributed by atoms with Gasteiger partial charge in [0.1, 0.15) is 0 Å². The van der Waals surface area contributed by atoms with Gasteiger partial charge in [-0.2, -0.15) is 0 Å². The molecule has 188 valence electrons. The molecule has 7 rings (SSSR count). The number of nitrogens with zero attached hydrogens (tertiary/aromatic N) is 1. The lowest BCUT2D eigenvalue weighted by atomic mass is 9.81. The molecule has 0 spiro atoms. The van der Waals surface area contributed by atoms with E-state index >= 15 is 0 Å². The van der Waals surface area contributed by atoms with Crippen molar-refractivity contribution < 1.29 is 0 Å². The summed E-state index contributed by atoms with van der Waals surface area (Å²) in [5.41, 5.74) is 10.7. The van der Waals surface area contributed by atoms with Gasteiger partial charge in [0.15, 0.2) is 0 Å². The maximum absolute atomic E-state index is 7.09. The van der Waals surface area contributed by atoms with E-state index in [1.54, 1.807) is 0 Å². The minimum atomic E-state index is -0.0849. The Bertz CT molecular complexity index is 1800. The van der Waals surface area contributed by atoms with Crippen molar-refractivity contribution in [3.8, 4) is 22.3 Å². The molecule has 0 amide bonds. The van der Waals surface area contributed by atoms with Crippen LogP contribution in [0.15, 0.2) is 133 Å². The Morgan fingerprint density at radius 3 is 1.77 bits per heavy atom. The van der Waals surface area contributed by atoms with Gasteiger partial charge < -0.3 is 4.90 Å². The number of benzene rings is 6. The molecule has 1 nitrogen and oxygen atoms in total. The van der Waals surface area contributed by atoms with Crippen molar-refractivity contribution in [2.45, 2.75) is 19.3 Å². The van der Waals surface area contributed by atoms with Gasteiger partial charge in [-0.3, -0.25) is 0 Å². The zero-order valence-electron chi connectivity index (χ0n) is 22.0. The molecule has 2 heteroatoms. The summed E-state index contributed by atoms with van der Waals surface area (Å²) in [5.74, 6) is 0. The van der Waals surface area contributed by atoms with Gasteiger partial charge >= 0.3 is 0 Å². The number of anilines is 3. The predicted molar refractivity (Wildman–Crippen MR) is 167 cm³/mol. The minimum absolute atomic E-state index is 0.0849. The number of fused-ring (bicyclic) bond motifs is 4. The van der Waals surface area contributed by atoms with Crippen LogP contribution in [-0.4, -0.2) is 0 Å². The molecule has 0 N–H and O–H groups in total. The molecule has 0 bridgehead atoms. The normalized spacial score (nSPS) is 13.2. The summed E-state index contributed by atoms with van der Waals surface area (Å²) < 4.78 is 0. The Balaban J connectivity index is 1.45. The first-order valence-electron chi connectivity index (χ1n) is 13.4. The van der Waals surface area contributed by atoms with Gasteiger partial charge in [0.25, 0.3) is 0 Å². The van der Waals surface area contributed by atoms with E-state index < -0.39 is 0 Å². The van der Waals surface area contributed by atoms with Crippen LogP contribution in [0.4, 0.5) is 17.1 Å². The first kappa shape index (κ1) is 23.8. The molecule has 6 aromatic carbocycles. The Morgan fingerprint density at radius 1 is 0.487 bits per heavy atom. The SMILES string of the molecule is CC1(C)c2ccccc2-c2cc(Cl)c(-c3ccc(N(c4ccccc4)c4ccccc4)c4ccccc34)cc21. The molecule has 0 aliphatic heterocycles. The average Bonchev–Trinajstić information content (AvgIpc) is 3.20. The zero-order valence-corrected chi connectivity index (χ0v) is 22.8. The van der Waals surface area contributed by atoms with Crippen LogP contribution >= 0.6 is 11.6 Å². The molecule has 1 aliphatic rings. The fraction of sp³-hybridized carbons (Fsp3) is 0.0811. The first-order valence-corrected chi connectivity index (χ1v) is 13.8. The summed E-state index contributed by atoms with van der Waals surface area (Å²) in [6.07, 6.45) is 0. The van der Waals surface area contributed by atoms with E-state index in [9.17, 15) is 0 Å². The van der Waals surface area contributed by atoms with Crippen LogP contribution in [-0.2, 0) is 5.41 Å². The monoisotopic (exact) mass is 521 g/mol. The van der Waals surface area contributed by atoms with E-state index in [-0.39, 0.29) is 5.41 Å². The van der Waals surface area contributed by atoms with Gasteiger partial charge in [-0.05, 0) is 75.7 Å². The van der Waals surface area contributed by atoms with Crippen molar-refractivity contribution in [1.82, 2.24) is 0 Å². The highest BCUT2D eigenvalue weighted by Crippen LogP contribution is 2.52. The molecule has 6 aromatic rings. The lowest BCUT2D eigenvalue weighted by Gasteiger charge is -2.27. The lowest BCUT2D eigenvalue weighted by molar-refractivity contribution is 0.660. The fourth-order valence-electron chi connectivity index (χ4n) is 6.22. The highest BCUT2D eigenvalue weighted by atomic mass is 35.5. The number of para-hydroxylation sites is 2. The molecule has 0 atom stereocenters. The summed E-state index contributed by atoms with van der Waals surface area (Å²) in [6.45, 7) is 4.63. The maximum atomic E-state index is 7.09. The summed E-state index contributed by atoms with van der Waals surface area (Å²) in [4.78, 5) is 2.33. The Labute approximate surface area is 234 Å². The molecule has 0 saturated carbocycles. The molecule has 0 fully saturated rings. The van der Waals surface area contributed by atoms with Crippen molar-refractivity contribution >= 4 is 39.4 Å². The molecule has 39 heavy (non-hydrogen) atoms. The van der Waals surface area contributed by atoms with Gasteiger partial charge in [-0.25, -0.2) is 0 Å². The van der Waals surface area contributed by atoms with Crippen molar-refractivity contribution in [3.05, 3.63) is 150 Å². The summed E-state index contributed by atoms with van der Waals surface area (Å²) in [7, 11) is 0. The summed E-state index contributed by atoms with van der Waals surface area (Å²) in [5, 5.41) is 3.14. The van der Waals surface area contributed by atoms with Crippen molar-refractivity contribution in [1.29, 1.82) is 0 Å². The van der Waals surface area contributed by atoms with Crippen LogP contribution in [0.2, 0.25) is 5.02 Å². The second-order valence-corrected chi connectivity index (χ2v) is 11.1. The third kappa shape index (κ3) is 3.77. The maximum Gasteiger partial charge on any atom is 0.0540 e. The average molecular weight is 522 g/mol. The molecule has 0 unspecified atom stereocenters. The van der Waals surface area contributed by atoms with Gasteiger partial charge in [-0.1, -0.05) is 116 Å². The predicted octanol–water partition coefficient (Wildman–Crippen LogP) is 10.9. The highest BCUT2D eigenvalue weighted by Gasteiger charge is 2.36. The third-order valence-corrected chi connectivity index (χ3v) is 8.44. The third-order valence-electron chi connectivity index (χ3n) is 8.13. The van der Waals surface area contributed by atoms with Gasteiger partial charge in [0, 0.05) is 32.8 Å². The quantitative estimate of drug-likeness (QED) is 0.223. The minimum Gasteiger partial charge on any atom is -0.310 e. The molecular weight excluding hydrogens is 494 g/mol. The van der Waals surface area contributed by atoms with Gasteiger partial charge in [0.2, 0.25) is 0 Å². The molecule has 1 aliphatic carbocycles. The van der Waals surface area contributed by atoms with Crippen LogP contribution in [0, 0.1) is 0 Å².